The maximum Gasteiger partial charge on any atom is 0.306 e. The minimum atomic E-state index is -0.0701. The molecule has 2 nitrogen and oxygen atoms in total. The molecule has 0 aromatic rings. The van der Waals surface area contributed by atoms with E-state index in [4.69, 9.17) is 4.74 Å². The molecule has 0 fully saturated rings. The first kappa shape index (κ1) is 12.5. The summed E-state index contributed by atoms with van der Waals surface area (Å²) in [6.07, 6.45) is 1.61. The van der Waals surface area contributed by atoms with Crippen LogP contribution >= 0.6 is 0 Å². The van der Waals surface area contributed by atoms with Crippen molar-refractivity contribution in [1.82, 2.24) is 0 Å². The molecule has 1 atom stereocenters. The van der Waals surface area contributed by atoms with Crippen molar-refractivity contribution in [2.75, 3.05) is 6.61 Å². The monoisotopic (exact) mass is 186 g/mol. The fourth-order valence-corrected chi connectivity index (χ4v) is 1.62. The molecule has 0 saturated carbocycles. The Kier molecular flexibility index (Phi) is 5.04. The molecule has 0 aromatic heterocycles. The van der Waals surface area contributed by atoms with Crippen LogP contribution in [-0.2, 0) is 9.53 Å². The first-order chi connectivity index (χ1) is 5.85. The summed E-state index contributed by atoms with van der Waals surface area (Å²) in [7, 11) is 0. The molecule has 0 radical (unpaired) electrons. The SMILES string of the molecule is CCOC(=O)C[C@@H](C)CC(C)(C)C. The van der Waals surface area contributed by atoms with Gasteiger partial charge in [0.25, 0.3) is 0 Å². The van der Waals surface area contributed by atoms with Gasteiger partial charge >= 0.3 is 5.97 Å². The van der Waals surface area contributed by atoms with Crippen molar-refractivity contribution in [2.45, 2.75) is 47.5 Å². The van der Waals surface area contributed by atoms with Crippen LogP contribution in [0.3, 0.4) is 0 Å². The topological polar surface area (TPSA) is 26.3 Å². The number of ether oxygens (including phenoxy) is 1. The molecule has 0 aromatic carbocycles. The van der Waals surface area contributed by atoms with Gasteiger partial charge in [-0.15, -0.1) is 0 Å². The zero-order valence-corrected chi connectivity index (χ0v) is 9.52. The van der Waals surface area contributed by atoms with E-state index in [1.165, 1.54) is 0 Å². The van der Waals surface area contributed by atoms with Crippen molar-refractivity contribution in [3.63, 3.8) is 0 Å². The molecule has 13 heavy (non-hydrogen) atoms. The van der Waals surface area contributed by atoms with Crippen molar-refractivity contribution in [3.05, 3.63) is 0 Å². The first-order valence-corrected chi connectivity index (χ1v) is 5.00. The maximum atomic E-state index is 11.1. The largest absolute Gasteiger partial charge is 0.466 e. The third kappa shape index (κ3) is 7.82. The minimum absolute atomic E-state index is 0.0701. The standard InChI is InChI=1S/C11H22O2/c1-6-13-10(12)7-9(2)8-11(3,4)5/h9H,6-8H2,1-5H3/t9-/m1/s1. The molecule has 0 aliphatic carbocycles. The van der Waals surface area contributed by atoms with E-state index in [2.05, 4.69) is 27.7 Å². The summed E-state index contributed by atoms with van der Waals surface area (Å²) < 4.78 is 4.89. The van der Waals surface area contributed by atoms with Crippen LogP contribution in [0.1, 0.15) is 47.5 Å². The molecule has 0 bridgehead atoms. The van der Waals surface area contributed by atoms with Gasteiger partial charge < -0.3 is 4.74 Å². The molecule has 78 valence electrons. The van der Waals surface area contributed by atoms with Gasteiger partial charge in [-0.2, -0.15) is 0 Å². The smallest absolute Gasteiger partial charge is 0.306 e. The number of carbonyl (C=O) groups is 1. The number of hydrogen-bond acceptors (Lipinski definition) is 2. The van der Waals surface area contributed by atoms with Crippen molar-refractivity contribution >= 4 is 5.97 Å². The Hall–Kier alpha value is -0.530. The van der Waals surface area contributed by atoms with Gasteiger partial charge in [0.2, 0.25) is 0 Å². The predicted octanol–water partition coefficient (Wildman–Crippen LogP) is 3.01. The third-order valence-electron chi connectivity index (χ3n) is 1.78. The minimum Gasteiger partial charge on any atom is -0.466 e. The normalized spacial score (nSPS) is 13.9. The molecule has 0 amide bonds. The van der Waals surface area contributed by atoms with Crippen LogP contribution in [0.2, 0.25) is 0 Å². The molecule has 0 unspecified atom stereocenters. The van der Waals surface area contributed by atoms with E-state index in [1.54, 1.807) is 0 Å². The summed E-state index contributed by atoms with van der Waals surface area (Å²) >= 11 is 0. The van der Waals surface area contributed by atoms with Crippen LogP contribution in [0.5, 0.6) is 0 Å². The molecular weight excluding hydrogens is 164 g/mol. The zero-order chi connectivity index (χ0) is 10.5. The average Bonchev–Trinajstić information content (AvgIpc) is 1.81. The molecule has 0 saturated heterocycles. The Morgan fingerprint density at radius 3 is 2.31 bits per heavy atom. The van der Waals surface area contributed by atoms with Gasteiger partial charge in [0.05, 0.1) is 6.61 Å². The molecule has 0 N–H and O–H groups in total. The quantitative estimate of drug-likeness (QED) is 0.631. The van der Waals surface area contributed by atoms with Crippen LogP contribution in [0, 0.1) is 11.3 Å². The molecule has 0 spiro atoms. The summed E-state index contributed by atoms with van der Waals surface area (Å²) in [4.78, 5) is 11.1. The molecule has 0 aliphatic rings. The molecular formula is C11H22O2. The molecule has 0 rings (SSSR count). The molecule has 0 aliphatic heterocycles. The second-order valence-electron chi connectivity index (χ2n) is 4.88. The second-order valence-corrected chi connectivity index (χ2v) is 4.88. The number of rotatable bonds is 4. The van der Waals surface area contributed by atoms with Crippen molar-refractivity contribution in [2.24, 2.45) is 11.3 Å². The van der Waals surface area contributed by atoms with Crippen LogP contribution in [-0.4, -0.2) is 12.6 Å². The number of carbonyl (C=O) groups excluding carboxylic acids is 1. The summed E-state index contributed by atoms with van der Waals surface area (Å²) in [6.45, 7) is 11.0. The highest BCUT2D eigenvalue weighted by molar-refractivity contribution is 5.69. The van der Waals surface area contributed by atoms with Crippen molar-refractivity contribution in [3.8, 4) is 0 Å². The lowest BCUT2D eigenvalue weighted by atomic mass is 9.84. The zero-order valence-electron chi connectivity index (χ0n) is 9.52. The second kappa shape index (κ2) is 5.25. The van der Waals surface area contributed by atoms with E-state index in [0.717, 1.165) is 6.42 Å². The summed E-state index contributed by atoms with van der Waals surface area (Å²) in [5.41, 5.74) is 0.298. The molecule has 0 heterocycles. The Morgan fingerprint density at radius 2 is 1.92 bits per heavy atom. The van der Waals surface area contributed by atoms with Crippen LogP contribution < -0.4 is 0 Å². The Labute approximate surface area is 81.7 Å². The number of esters is 1. The van der Waals surface area contributed by atoms with Gasteiger partial charge in [0.15, 0.2) is 0 Å². The highest BCUT2D eigenvalue weighted by atomic mass is 16.5. The van der Waals surface area contributed by atoms with Crippen LogP contribution in [0.4, 0.5) is 0 Å². The van der Waals surface area contributed by atoms with E-state index in [9.17, 15) is 4.79 Å². The fourth-order valence-electron chi connectivity index (χ4n) is 1.62. The van der Waals surface area contributed by atoms with Crippen LogP contribution in [0.25, 0.3) is 0 Å². The average molecular weight is 186 g/mol. The molecule has 2 heteroatoms. The third-order valence-corrected chi connectivity index (χ3v) is 1.78. The first-order valence-electron chi connectivity index (χ1n) is 5.00. The maximum absolute atomic E-state index is 11.1. The van der Waals surface area contributed by atoms with Gasteiger partial charge in [-0.1, -0.05) is 27.7 Å². The van der Waals surface area contributed by atoms with Gasteiger partial charge in [-0.05, 0) is 24.7 Å². The summed E-state index contributed by atoms with van der Waals surface area (Å²) in [6, 6.07) is 0. The number of hydrogen-bond donors (Lipinski definition) is 0. The highest BCUT2D eigenvalue weighted by Gasteiger charge is 2.17. The summed E-state index contributed by atoms with van der Waals surface area (Å²) in [5, 5.41) is 0. The Bertz CT molecular complexity index is 156. The summed E-state index contributed by atoms with van der Waals surface area (Å²) in [5.74, 6) is 0.346. The van der Waals surface area contributed by atoms with E-state index < -0.39 is 0 Å². The Balaban J connectivity index is 3.74. The van der Waals surface area contributed by atoms with E-state index in [0.29, 0.717) is 24.4 Å². The van der Waals surface area contributed by atoms with Gasteiger partial charge in [0.1, 0.15) is 0 Å². The Morgan fingerprint density at radius 1 is 1.38 bits per heavy atom. The predicted molar refractivity (Wildman–Crippen MR) is 54.5 cm³/mol. The van der Waals surface area contributed by atoms with E-state index >= 15 is 0 Å². The lowest BCUT2D eigenvalue weighted by Crippen LogP contribution is -2.15. The van der Waals surface area contributed by atoms with E-state index in [-0.39, 0.29) is 5.97 Å². The highest BCUT2D eigenvalue weighted by Crippen LogP contribution is 2.25. The van der Waals surface area contributed by atoms with Gasteiger partial charge in [-0.3, -0.25) is 4.79 Å². The van der Waals surface area contributed by atoms with Gasteiger partial charge in [-0.25, -0.2) is 0 Å². The lowest BCUT2D eigenvalue weighted by molar-refractivity contribution is -0.144. The van der Waals surface area contributed by atoms with Crippen molar-refractivity contribution < 1.29 is 9.53 Å². The van der Waals surface area contributed by atoms with E-state index in [1.807, 2.05) is 6.92 Å². The lowest BCUT2D eigenvalue weighted by Gasteiger charge is -2.22. The fraction of sp³-hybridized carbons (Fsp3) is 0.909. The van der Waals surface area contributed by atoms with Crippen molar-refractivity contribution in [1.29, 1.82) is 0 Å². The van der Waals surface area contributed by atoms with Crippen LogP contribution in [0.15, 0.2) is 0 Å². The van der Waals surface area contributed by atoms with Gasteiger partial charge in [0, 0.05) is 6.42 Å².